The first-order valence-corrected chi connectivity index (χ1v) is 11.1. The lowest BCUT2D eigenvalue weighted by Gasteiger charge is -2.21. The number of aryl methyl sites for hydroxylation is 4. The lowest BCUT2D eigenvalue weighted by Crippen LogP contribution is -2.12. The molecule has 0 radical (unpaired) electrons. The Morgan fingerprint density at radius 3 is 2.46 bits per heavy atom. The van der Waals surface area contributed by atoms with Crippen molar-refractivity contribution < 1.29 is 4.79 Å². The van der Waals surface area contributed by atoms with Crippen LogP contribution in [0.3, 0.4) is 0 Å². The van der Waals surface area contributed by atoms with E-state index in [1.165, 1.54) is 49.7 Å². The zero-order valence-electron chi connectivity index (χ0n) is 17.8. The number of hydrogen-bond donors (Lipinski definition) is 0. The maximum atomic E-state index is 12.5. The summed E-state index contributed by atoms with van der Waals surface area (Å²) in [6, 6.07) is 6.32. The minimum Gasteiger partial charge on any atom is -0.315 e. The van der Waals surface area contributed by atoms with Gasteiger partial charge in [0.05, 0.1) is 0 Å². The average Bonchev–Trinajstić information content (AvgIpc) is 3.09. The molecule has 1 aromatic carbocycles. The van der Waals surface area contributed by atoms with Gasteiger partial charge in [-0.2, -0.15) is 0 Å². The largest absolute Gasteiger partial charge is 0.315 e. The molecular weight excluding hydrogens is 346 g/mol. The molecule has 4 nitrogen and oxygen atoms in total. The summed E-state index contributed by atoms with van der Waals surface area (Å²) in [5.41, 5.74) is 3.58. The molecule has 152 valence electrons. The highest BCUT2D eigenvalue weighted by molar-refractivity contribution is 5.81. The first kappa shape index (κ1) is 20.8. The molecule has 1 aliphatic carbocycles. The van der Waals surface area contributed by atoms with E-state index >= 15 is 0 Å². The fraction of sp³-hybridized carbons (Fsp3) is 0.625. The van der Waals surface area contributed by atoms with Crippen molar-refractivity contribution in [2.75, 3.05) is 0 Å². The molecule has 0 amide bonds. The third-order valence-electron chi connectivity index (χ3n) is 6.23. The van der Waals surface area contributed by atoms with Crippen LogP contribution in [0.5, 0.6) is 0 Å². The van der Waals surface area contributed by atoms with Crippen LogP contribution in [0, 0.1) is 19.8 Å². The van der Waals surface area contributed by atoms with Gasteiger partial charge in [-0.05, 0) is 44.2 Å². The number of nitrogens with zero attached hydrogens (tertiary/aromatic N) is 3. The molecule has 0 aliphatic heterocycles. The van der Waals surface area contributed by atoms with E-state index in [9.17, 15) is 4.79 Å². The van der Waals surface area contributed by atoms with Crippen LogP contribution in [0.4, 0.5) is 0 Å². The molecule has 28 heavy (non-hydrogen) atoms. The zero-order chi connectivity index (χ0) is 19.9. The van der Waals surface area contributed by atoms with Gasteiger partial charge in [-0.15, -0.1) is 10.2 Å². The van der Waals surface area contributed by atoms with E-state index < -0.39 is 0 Å². The highest BCUT2D eigenvalue weighted by atomic mass is 16.1. The topological polar surface area (TPSA) is 47.8 Å². The molecule has 0 bridgehead atoms. The fourth-order valence-electron chi connectivity index (χ4n) is 4.51. The van der Waals surface area contributed by atoms with Crippen LogP contribution in [0.15, 0.2) is 18.2 Å². The maximum absolute atomic E-state index is 12.5. The van der Waals surface area contributed by atoms with Gasteiger partial charge in [-0.25, -0.2) is 0 Å². The quantitative estimate of drug-likeness (QED) is 0.602. The Labute approximate surface area is 169 Å². The van der Waals surface area contributed by atoms with Gasteiger partial charge in [-0.1, -0.05) is 55.9 Å². The Hall–Kier alpha value is -1.97. The van der Waals surface area contributed by atoms with Gasteiger partial charge in [0.25, 0.3) is 0 Å². The number of ketones is 1. The van der Waals surface area contributed by atoms with Gasteiger partial charge in [0, 0.05) is 32.2 Å². The molecule has 1 heterocycles. The van der Waals surface area contributed by atoms with Crippen LogP contribution in [0.1, 0.15) is 80.2 Å². The fourth-order valence-corrected chi connectivity index (χ4v) is 4.51. The van der Waals surface area contributed by atoms with E-state index in [0.717, 1.165) is 36.1 Å². The molecule has 4 heteroatoms. The molecule has 1 aliphatic rings. The Balaban J connectivity index is 1.53. The second kappa shape index (κ2) is 9.99. The highest BCUT2D eigenvalue weighted by Gasteiger charge is 2.17. The lowest BCUT2D eigenvalue weighted by molar-refractivity contribution is -0.118. The normalized spacial score (nSPS) is 15.1. The Bertz CT molecular complexity index is 787. The standard InChI is InChI=1S/C24H35N3O/c1-4-27-23(14-11-20-8-6-5-7-9-20)25-26-24(27)15-13-22(28)17-21-12-10-18(2)16-19(21)3/h10,12,16,20H,4-9,11,13-15,17H2,1-3H3. The van der Waals surface area contributed by atoms with Crippen molar-refractivity contribution in [3.8, 4) is 0 Å². The lowest BCUT2D eigenvalue weighted by atomic mass is 9.86. The van der Waals surface area contributed by atoms with Crippen LogP contribution in [-0.2, 0) is 30.6 Å². The molecule has 0 spiro atoms. The summed E-state index contributed by atoms with van der Waals surface area (Å²) in [5, 5.41) is 8.88. The van der Waals surface area contributed by atoms with Crippen molar-refractivity contribution in [2.45, 2.75) is 91.5 Å². The van der Waals surface area contributed by atoms with Crippen molar-refractivity contribution in [3.05, 3.63) is 46.5 Å². The average molecular weight is 382 g/mol. The molecule has 1 fully saturated rings. The van der Waals surface area contributed by atoms with Crippen LogP contribution in [0.25, 0.3) is 0 Å². The van der Waals surface area contributed by atoms with Crippen molar-refractivity contribution in [1.29, 1.82) is 0 Å². The summed E-state index contributed by atoms with van der Waals surface area (Å²) in [6.07, 6.45) is 10.9. The van der Waals surface area contributed by atoms with Gasteiger partial charge < -0.3 is 4.57 Å². The number of hydrogen-bond acceptors (Lipinski definition) is 3. The Morgan fingerprint density at radius 1 is 1.07 bits per heavy atom. The number of benzene rings is 1. The van der Waals surface area contributed by atoms with Crippen molar-refractivity contribution in [3.63, 3.8) is 0 Å². The molecule has 0 N–H and O–H groups in total. The number of aromatic nitrogens is 3. The molecule has 2 aromatic rings. The summed E-state index contributed by atoms with van der Waals surface area (Å²) in [4.78, 5) is 12.5. The monoisotopic (exact) mass is 381 g/mol. The summed E-state index contributed by atoms with van der Waals surface area (Å²) in [6.45, 7) is 7.20. The Kier molecular flexibility index (Phi) is 7.41. The predicted octanol–water partition coefficient (Wildman–Crippen LogP) is 5.17. The van der Waals surface area contributed by atoms with Gasteiger partial charge in [0.2, 0.25) is 0 Å². The summed E-state index contributed by atoms with van der Waals surface area (Å²) >= 11 is 0. The second-order valence-corrected chi connectivity index (χ2v) is 8.46. The molecule has 1 aromatic heterocycles. The highest BCUT2D eigenvalue weighted by Crippen LogP contribution is 2.27. The minimum atomic E-state index is 0.279. The minimum absolute atomic E-state index is 0.279. The first-order valence-electron chi connectivity index (χ1n) is 11.1. The first-order chi connectivity index (χ1) is 13.6. The van der Waals surface area contributed by atoms with Gasteiger partial charge in [-0.3, -0.25) is 4.79 Å². The maximum Gasteiger partial charge on any atom is 0.137 e. The van der Waals surface area contributed by atoms with Crippen molar-refractivity contribution in [2.24, 2.45) is 5.92 Å². The molecule has 3 rings (SSSR count). The summed E-state index contributed by atoms with van der Waals surface area (Å²) in [7, 11) is 0. The van der Waals surface area contributed by atoms with E-state index in [2.05, 4.69) is 53.7 Å². The molecular formula is C24H35N3O. The third-order valence-corrected chi connectivity index (χ3v) is 6.23. The third kappa shape index (κ3) is 5.52. The number of carbonyl (C=O) groups excluding carboxylic acids is 1. The van der Waals surface area contributed by atoms with Gasteiger partial charge in [0.1, 0.15) is 17.4 Å². The molecule has 0 unspecified atom stereocenters. The van der Waals surface area contributed by atoms with Crippen LogP contribution in [-0.4, -0.2) is 20.5 Å². The second-order valence-electron chi connectivity index (χ2n) is 8.46. The number of carbonyl (C=O) groups is 1. The van der Waals surface area contributed by atoms with Crippen molar-refractivity contribution >= 4 is 5.78 Å². The zero-order valence-corrected chi connectivity index (χ0v) is 17.8. The van der Waals surface area contributed by atoms with E-state index in [4.69, 9.17) is 0 Å². The number of Topliss-reactive ketones (excluding diaryl/α,β-unsaturated/α-hetero) is 1. The van der Waals surface area contributed by atoms with Crippen molar-refractivity contribution in [1.82, 2.24) is 14.8 Å². The molecule has 0 saturated heterocycles. The smallest absolute Gasteiger partial charge is 0.137 e. The van der Waals surface area contributed by atoms with E-state index in [0.29, 0.717) is 19.3 Å². The predicted molar refractivity (Wildman–Crippen MR) is 114 cm³/mol. The molecule has 1 saturated carbocycles. The van der Waals surface area contributed by atoms with E-state index in [-0.39, 0.29) is 5.78 Å². The number of rotatable bonds is 9. The molecule has 0 atom stereocenters. The van der Waals surface area contributed by atoms with E-state index in [1.54, 1.807) is 0 Å². The van der Waals surface area contributed by atoms with Crippen LogP contribution >= 0.6 is 0 Å². The van der Waals surface area contributed by atoms with Gasteiger partial charge >= 0.3 is 0 Å². The van der Waals surface area contributed by atoms with Gasteiger partial charge in [0.15, 0.2) is 0 Å². The van der Waals surface area contributed by atoms with E-state index in [1.807, 2.05) is 0 Å². The summed E-state index contributed by atoms with van der Waals surface area (Å²) in [5.74, 6) is 3.21. The SMILES string of the molecule is CCn1c(CCC(=O)Cc2ccc(C)cc2C)nnc1CCC1CCCCC1. The van der Waals surface area contributed by atoms with Crippen LogP contribution in [0.2, 0.25) is 0 Å². The Morgan fingerprint density at radius 2 is 1.79 bits per heavy atom. The van der Waals surface area contributed by atoms with Crippen LogP contribution < -0.4 is 0 Å². The summed E-state index contributed by atoms with van der Waals surface area (Å²) < 4.78 is 2.23.